The van der Waals surface area contributed by atoms with E-state index in [2.05, 4.69) is 5.32 Å². The molecule has 32 heavy (non-hydrogen) atoms. The third kappa shape index (κ3) is 4.16. The number of aliphatic imine (C=N–C) groups is 1. The number of anilines is 1. The van der Waals surface area contributed by atoms with E-state index in [4.69, 9.17) is 16.6 Å². The summed E-state index contributed by atoms with van der Waals surface area (Å²) in [5, 5.41) is 3.82. The van der Waals surface area contributed by atoms with Crippen molar-refractivity contribution >= 4 is 23.1 Å². The van der Waals surface area contributed by atoms with Gasteiger partial charge < -0.3 is 10.2 Å². The van der Waals surface area contributed by atoms with Gasteiger partial charge in [-0.05, 0) is 67.8 Å². The average Bonchev–Trinajstić information content (AvgIpc) is 3.04. The monoisotopic (exact) mass is 459 g/mol. The van der Waals surface area contributed by atoms with Gasteiger partial charge in [0.05, 0.1) is 17.3 Å². The molecule has 0 fully saturated rings. The van der Waals surface area contributed by atoms with E-state index in [1.54, 1.807) is 35.4 Å². The number of benzene rings is 1. The Hall–Kier alpha value is -2.73. The summed E-state index contributed by atoms with van der Waals surface area (Å²) in [7, 11) is 0. The van der Waals surface area contributed by atoms with E-state index < -0.39 is 23.7 Å². The molecule has 3 unspecified atom stereocenters. The maximum atomic E-state index is 14.4. The molecule has 168 valence electrons. The number of alkyl halides is 3. The van der Waals surface area contributed by atoms with E-state index in [0.29, 0.717) is 17.3 Å². The molecule has 1 aromatic rings. The number of nitrogens with one attached hydrogen (secondary N) is 1. The first-order valence-electron chi connectivity index (χ1n) is 10.6. The molecule has 1 aromatic carbocycles. The van der Waals surface area contributed by atoms with Crippen LogP contribution in [0.25, 0.3) is 0 Å². The van der Waals surface area contributed by atoms with Crippen molar-refractivity contribution in [3.8, 4) is 0 Å². The number of nitrogens with zero attached hydrogens (tertiary/aromatic N) is 2. The highest BCUT2D eigenvalue weighted by atomic mass is 35.5. The first kappa shape index (κ1) is 22.5. The summed E-state index contributed by atoms with van der Waals surface area (Å²) in [6.45, 7) is 5.57. The fraction of sp³-hybridized carbons (Fsp3) is 0.320. The van der Waals surface area contributed by atoms with Gasteiger partial charge in [0, 0.05) is 22.8 Å². The summed E-state index contributed by atoms with van der Waals surface area (Å²) < 4.78 is 43.2. The van der Waals surface area contributed by atoms with Gasteiger partial charge in [-0.2, -0.15) is 13.2 Å². The van der Waals surface area contributed by atoms with Crippen LogP contribution in [0.2, 0.25) is 5.02 Å². The Bertz CT molecular complexity index is 1070. The first-order chi connectivity index (χ1) is 15.2. The highest BCUT2D eigenvalue weighted by Gasteiger charge is 2.52. The molecule has 4 rings (SSSR count). The lowest BCUT2D eigenvalue weighted by Crippen LogP contribution is -2.33. The smallest absolute Gasteiger partial charge is 0.341 e. The molecule has 0 bridgehead atoms. The summed E-state index contributed by atoms with van der Waals surface area (Å²) in [6, 6.07) is 6.00. The minimum atomic E-state index is -4.44. The number of fused-ring (bicyclic) bond motifs is 1. The zero-order chi connectivity index (χ0) is 23.0. The molecular formula is C25H25ClF3N3. The van der Waals surface area contributed by atoms with Crippen molar-refractivity contribution < 1.29 is 13.2 Å². The molecule has 3 aliphatic rings. The third-order valence-corrected chi connectivity index (χ3v) is 6.49. The summed E-state index contributed by atoms with van der Waals surface area (Å²) in [5.41, 5.74) is 2.19. The maximum absolute atomic E-state index is 14.4. The van der Waals surface area contributed by atoms with Gasteiger partial charge >= 0.3 is 6.18 Å². The molecule has 0 amide bonds. The maximum Gasteiger partial charge on any atom is 0.414 e. The van der Waals surface area contributed by atoms with Gasteiger partial charge in [0.1, 0.15) is 11.9 Å². The van der Waals surface area contributed by atoms with Crippen LogP contribution in [0.3, 0.4) is 0 Å². The summed E-state index contributed by atoms with van der Waals surface area (Å²) in [6.07, 6.45) is 6.83. The Labute approximate surface area is 191 Å². The van der Waals surface area contributed by atoms with Crippen LogP contribution in [-0.4, -0.2) is 29.0 Å². The topological polar surface area (TPSA) is 27.6 Å². The second-order valence-electron chi connectivity index (χ2n) is 8.18. The number of hydrogen-bond donors (Lipinski definition) is 1. The molecule has 0 aliphatic carbocycles. The number of allylic oxidation sites excluding steroid dienone is 4. The van der Waals surface area contributed by atoms with Gasteiger partial charge in [0.15, 0.2) is 0 Å². The fourth-order valence-electron chi connectivity index (χ4n) is 4.52. The van der Waals surface area contributed by atoms with E-state index >= 15 is 0 Å². The Balaban J connectivity index is 1.84. The molecule has 3 heterocycles. The lowest BCUT2D eigenvalue weighted by atomic mass is 9.89. The van der Waals surface area contributed by atoms with Crippen LogP contribution in [0, 0.1) is 5.92 Å². The summed E-state index contributed by atoms with van der Waals surface area (Å²) in [4.78, 5) is 6.56. The van der Waals surface area contributed by atoms with Crippen molar-refractivity contribution in [1.82, 2.24) is 4.90 Å². The Morgan fingerprint density at radius 2 is 1.81 bits per heavy atom. The summed E-state index contributed by atoms with van der Waals surface area (Å²) >= 11 is 5.97. The van der Waals surface area contributed by atoms with E-state index in [0.717, 1.165) is 16.8 Å². The zero-order valence-corrected chi connectivity index (χ0v) is 18.9. The SMILES string of the molecule is CCC1C(C(F)(F)F)=C(C2N=C(Nc3ccc(Cl)cc3)C=CC(C)=C2C)N2C=CC=CC12. The van der Waals surface area contributed by atoms with Gasteiger partial charge in [-0.1, -0.05) is 36.8 Å². The number of hydrogen-bond acceptors (Lipinski definition) is 3. The lowest BCUT2D eigenvalue weighted by molar-refractivity contribution is -0.0989. The predicted molar refractivity (Wildman–Crippen MR) is 125 cm³/mol. The minimum Gasteiger partial charge on any atom is -0.341 e. The molecule has 0 saturated carbocycles. The molecule has 3 aliphatic heterocycles. The van der Waals surface area contributed by atoms with E-state index in [9.17, 15) is 13.2 Å². The number of halogens is 4. The van der Waals surface area contributed by atoms with E-state index in [1.165, 1.54) is 0 Å². The Morgan fingerprint density at radius 3 is 2.47 bits per heavy atom. The van der Waals surface area contributed by atoms with Gasteiger partial charge in [-0.25, -0.2) is 0 Å². The van der Waals surface area contributed by atoms with Gasteiger partial charge in [-0.3, -0.25) is 4.99 Å². The van der Waals surface area contributed by atoms with Crippen LogP contribution in [0.15, 0.2) is 88.3 Å². The Kier molecular flexibility index (Phi) is 6.08. The van der Waals surface area contributed by atoms with Crippen LogP contribution >= 0.6 is 11.6 Å². The lowest BCUT2D eigenvalue weighted by Gasteiger charge is -2.31. The van der Waals surface area contributed by atoms with Crippen LogP contribution < -0.4 is 5.32 Å². The molecule has 0 aromatic heterocycles. The largest absolute Gasteiger partial charge is 0.414 e. The van der Waals surface area contributed by atoms with Crippen LogP contribution in [0.1, 0.15) is 27.2 Å². The standard InChI is InChI=1S/C25H25ClF3N3/c1-4-19-20-7-5-6-14-32(20)24(22(19)25(27,28)29)23-16(3)15(2)8-13-21(31-23)30-18-11-9-17(26)10-12-18/h5-14,19-20,23H,4H2,1-3H3,(H,30,31). The molecule has 0 spiro atoms. The summed E-state index contributed by atoms with van der Waals surface area (Å²) in [5.74, 6) is -0.144. The quantitative estimate of drug-likeness (QED) is 0.525. The van der Waals surface area contributed by atoms with Crippen LogP contribution in [0.4, 0.5) is 18.9 Å². The Morgan fingerprint density at radius 1 is 1.09 bits per heavy atom. The molecule has 0 saturated heterocycles. The van der Waals surface area contributed by atoms with Crippen molar-refractivity contribution in [1.29, 1.82) is 0 Å². The molecular weight excluding hydrogens is 435 g/mol. The van der Waals surface area contributed by atoms with Crippen molar-refractivity contribution in [2.45, 2.75) is 45.5 Å². The van der Waals surface area contributed by atoms with Crippen molar-refractivity contribution in [2.24, 2.45) is 10.9 Å². The predicted octanol–water partition coefficient (Wildman–Crippen LogP) is 7.04. The van der Waals surface area contributed by atoms with Crippen molar-refractivity contribution in [2.75, 3.05) is 5.32 Å². The van der Waals surface area contributed by atoms with Crippen molar-refractivity contribution in [3.63, 3.8) is 0 Å². The molecule has 1 N–H and O–H groups in total. The molecule has 0 radical (unpaired) electrons. The molecule has 3 atom stereocenters. The van der Waals surface area contributed by atoms with E-state index in [-0.39, 0.29) is 11.7 Å². The van der Waals surface area contributed by atoms with Gasteiger partial charge in [0.2, 0.25) is 0 Å². The first-order valence-corrected chi connectivity index (χ1v) is 11.0. The van der Waals surface area contributed by atoms with Gasteiger partial charge in [0.25, 0.3) is 0 Å². The highest BCUT2D eigenvalue weighted by Crippen LogP contribution is 2.49. The van der Waals surface area contributed by atoms with Gasteiger partial charge in [-0.15, -0.1) is 0 Å². The number of amidine groups is 1. The van der Waals surface area contributed by atoms with Crippen LogP contribution in [0.5, 0.6) is 0 Å². The van der Waals surface area contributed by atoms with E-state index in [1.807, 2.05) is 51.1 Å². The zero-order valence-electron chi connectivity index (χ0n) is 18.1. The second-order valence-corrected chi connectivity index (χ2v) is 8.62. The normalized spacial score (nSPS) is 25.3. The molecule has 3 nitrogen and oxygen atoms in total. The second kappa shape index (κ2) is 8.66. The number of rotatable bonds is 3. The molecule has 7 heteroatoms. The fourth-order valence-corrected chi connectivity index (χ4v) is 4.65. The minimum absolute atomic E-state index is 0.214. The van der Waals surface area contributed by atoms with Crippen LogP contribution in [-0.2, 0) is 0 Å². The highest BCUT2D eigenvalue weighted by molar-refractivity contribution is 6.30. The average molecular weight is 460 g/mol. The third-order valence-electron chi connectivity index (χ3n) is 6.24. The van der Waals surface area contributed by atoms with Crippen molar-refractivity contribution in [3.05, 3.63) is 88.3 Å².